The van der Waals surface area contributed by atoms with Crippen LogP contribution in [0, 0.1) is 18.3 Å². The van der Waals surface area contributed by atoms with Crippen molar-refractivity contribution in [2.45, 2.75) is 19.3 Å². The first-order valence-corrected chi connectivity index (χ1v) is 10.6. The Morgan fingerprint density at radius 2 is 2.33 bits per heavy atom. The topological polar surface area (TPSA) is 86.8 Å². The number of H-pyrrole nitrogens is 1. The summed E-state index contributed by atoms with van der Waals surface area (Å²) < 4.78 is 0. The van der Waals surface area contributed by atoms with Gasteiger partial charge in [0.15, 0.2) is 0 Å². The van der Waals surface area contributed by atoms with Crippen LogP contribution in [-0.4, -0.2) is 44.6 Å². The largest absolute Gasteiger partial charge is 0.340 e. The maximum absolute atomic E-state index is 12.7. The number of thiophene rings is 1. The number of rotatable bonds is 4. The number of aromatic amines is 1. The molecule has 3 heterocycles. The van der Waals surface area contributed by atoms with Crippen molar-refractivity contribution >= 4 is 49.9 Å². The predicted molar refractivity (Wildman–Crippen MR) is 119 cm³/mol. The Hall–Kier alpha value is -3.44. The Morgan fingerprint density at radius 1 is 1.43 bits per heavy atom. The van der Waals surface area contributed by atoms with Gasteiger partial charge in [0.2, 0.25) is 5.91 Å². The molecule has 8 heteroatoms. The van der Waals surface area contributed by atoms with Gasteiger partial charge in [-0.1, -0.05) is 5.92 Å². The molecular formula is C22H20N6OS. The molecule has 0 saturated carbocycles. The lowest BCUT2D eigenvalue weighted by molar-refractivity contribution is -0.133. The number of nitrogens with zero attached hydrogens (tertiary/aromatic N) is 4. The number of anilines is 2. The fourth-order valence-electron chi connectivity index (χ4n) is 4.10. The van der Waals surface area contributed by atoms with Crippen LogP contribution in [0.5, 0.6) is 0 Å². The summed E-state index contributed by atoms with van der Waals surface area (Å²) in [5.41, 5.74) is 3.20. The second-order valence-corrected chi connectivity index (χ2v) is 8.63. The summed E-state index contributed by atoms with van der Waals surface area (Å²) in [6.07, 6.45) is 11.1. The average molecular weight is 417 g/mol. The van der Waals surface area contributed by atoms with E-state index in [1.807, 2.05) is 18.2 Å². The number of fused-ring (bicyclic) bond motifs is 4. The summed E-state index contributed by atoms with van der Waals surface area (Å²) in [7, 11) is 1.77. The van der Waals surface area contributed by atoms with Crippen molar-refractivity contribution in [2.24, 2.45) is 5.92 Å². The minimum absolute atomic E-state index is 0.0308. The van der Waals surface area contributed by atoms with Crippen molar-refractivity contribution in [3.05, 3.63) is 41.2 Å². The van der Waals surface area contributed by atoms with Gasteiger partial charge in [0.05, 0.1) is 23.6 Å². The van der Waals surface area contributed by atoms with Crippen LogP contribution >= 0.6 is 11.3 Å². The van der Waals surface area contributed by atoms with Gasteiger partial charge in [-0.3, -0.25) is 9.89 Å². The Morgan fingerprint density at radius 3 is 3.20 bits per heavy atom. The van der Waals surface area contributed by atoms with Gasteiger partial charge >= 0.3 is 0 Å². The standard InChI is InChI=1S/C22H20N6OS/c1-3-8-28(2)22(29)13-4-6-16-18(10-13)30-21-19(16)20(23-12-24-21)26-15-5-7-17-14(9-15)11-25-27-17/h1,5,7,9,11-13H,4,6,8,10H2,2H3,(H,25,27)(H,23,24,26). The van der Waals surface area contributed by atoms with E-state index in [4.69, 9.17) is 6.42 Å². The van der Waals surface area contributed by atoms with Crippen LogP contribution in [0.4, 0.5) is 11.5 Å². The first-order chi connectivity index (χ1) is 14.6. The van der Waals surface area contributed by atoms with Gasteiger partial charge < -0.3 is 10.2 Å². The average Bonchev–Trinajstić information content (AvgIpc) is 3.37. The summed E-state index contributed by atoms with van der Waals surface area (Å²) in [6.45, 7) is 0.342. The highest BCUT2D eigenvalue weighted by molar-refractivity contribution is 7.19. The zero-order chi connectivity index (χ0) is 20.7. The molecule has 0 radical (unpaired) electrons. The van der Waals surface area contributed by atoms with E-state index in [1.165, 1.54) is 10.4 Å². The molecule has 2 N–H and O–H groups in total. The molecular weight excluding hydrogens is 396 g/mol. The molecule has 0 bridgehead atoms. The highest BCUT2D eigenvalue weighted by Gasteiger charge is 2.30. The zero-order valence-corrected chi connectivity index (χ0v) is 17.3. The first-order valence-electron chi connectivity index (χ1n) is 9.78. The van der Waals surface area contributed by atoms with Crippen LogP contribution in [0.3, 0.4) is 0 Å². The maximum atomic E-state index is 12.7. The molecule has 1 atom stereocenters. The molecule has 7 nitrogen and oxygen atoms in total. The molecule has 150 valence electrons. The van der Waals surface area contributed by atoms with Crippen molar-refractivity contribution < 1.29 is 4.79 Å². The quantitative estimate of drug-likeness (QED) is 0.497. The van der Waals surface area contributed by atoms with Crippen molar-refractivity contribution in [1.29, 1.82) is 0 Å². The van der Waals surface area contributed by atoms with E-state index in [-0.39, 0.29) is 11.8 Å². The van der Waals surface area contributed by atoms with E-state index < -0.39 is 0 Å². The van der Waals surface area contributed by atoms with Crippen molar-refractivity contribution in [3.63, 3.8) is 0 Å². The summed E-state index contributed by atoms with van der Waals surface area (Å²) >= 11 is 1.66. The van der Waals surface area contributed by atoms with E-state index >= 15 is 0 Å². The molecule has 1 aliphatic rings. The zero-order valence-electron chi connectivity index (χ0n) is 16.5. The summed E-state index contributed by atoms with van der Waals surface area (Å²) in [6, 6.07) is 6.04. The number of aryl methyl sites for hydroxylation is 1. The van der Waals surface area contributed by atoms with Gasteiger partial charge in [-0.05, 0) is 43.0 Å². The van der Waals surface area contributed by atoms with E-state index in [1.54, 1.807) is 35.8 Å². The molecule has 1 amide bonds. The van der Waals surface area contributed by atoms with E-state index in [9.17, 15) is 4.79 Å². The van der Waals surface area contributed by atoms with Crippen molar-refractivity contribution in [1.82, 2.24) is 25.1 Å². The van der Waals surface area contributed by atoms with E-state index in [0.717, 1.165) is 51.9 Å². The summed E-state index contributed by atoms with van der Waals surface area (Å²) in [5.74, 6) is 3.43. The first kappa shape index (κ1) is 18.6. The Labute approximate surface area is 177 Å². The third-order valence-corrected chi connectivity index (χ3v) is 6.76. The van der Waals surface area contributed by atoms with Gasteiger partial charge in [-0.25, -0.2) is 9.97 Å². The highest BCUT2D eigenvalue weighted by atomic mass is 32.1. The van der Waals surface area contributed by atoms with Gasteiger partial charge in [-0.15, -0.1) is 17.8 Å². The predicted octanol–water partition coefficient (Wildman–Crippen LogP) is 3.51. The van der Waals surface area contributed by atoms with Crippen LogP contribution in [-0.2, 0) is 17.6 Å². The molecule has 0 saturated heterocycles. The van der Waals surface area contributed by atoms with E-state index in [0.29, 0.717) is 6.54 Å². The molecule has 3 aromatic heterocycles. The van der Waals surface area contributed by atoms with E-state index in [2.05, 4.69) is 31.4 Å². The number of hydrogen-bond donors (Lipinski definition) is 2. The lowest BCUT2D eigenvalue weighted by atomic mass is 9.87. The van der Waals surface area contributed by atoms with Gasteiger partial charge in [0, 0.05) is 28.9 Å². The molecule has 1 aromatic carbocycles. The molecule has 1 unspecified atom stereocenters. The molecule has 0 aliphatic heterocycles. The van der Waals surface area contributed by atoms with Gasteiger partial charge in [0.1, 0.15) is 17.0 Å². The number of carbonyl (C=O) groups is 1. The second kappa shape index (κ2) is 7.43. The van der Waals surface area contributed by atoms with Crippen LogP contribution < -0.4 is 5.32 Å². The number of aromatic nitrogens is 4. The van der Waals surface area contributed by atoms with Crippen LogP contribution in [0.15, 0.2) is 30.7 Å². The fraction of sp³-hybridized carbons (Fsp3) is 0.273. The minimum Gasteiger partial charge on any atom is -0.340 e. The van der Waals surface area contributed by atoms with Gasteiger partial charge in [-0.2, -0.15) is 5.10 Å². The smallest absolute Gasteiger partial charge is 0.226 e. The number of terminal acetylenes is 1. The molecule has 30 heavy (non-hydrogen) atoms. The Balaban J connectivity index is 1.46. The molecule has 0 fully saturated rings. The highest BCUT2D eigenvalue weighted by Crippen LogP contribution is 2.40. The molecule has 4 aromatic rings. The number of hydrogen-bond acceptors (Lipinski definition) is 6. The molecule has 1 aliphatic carbocycles. The summed E-state index contributed by atoms with van der Waals surface area (Å²) in [5, 5.41) is 12.6. The lowest BCUT2D eigenvalue weighted by Gasteiger charge is -2.25. The molecule has 0 spiro atoms. The van der Waals surface area contributed by atoms with Crippen LogP contribution in [0.25, 0.3) is 21.1 Å². The van der Waals surface area contributed by atoms with Gasteiger partial charge in [0.25, 0.3) is 0 Å². The second-order valence-electron chi connectivity index (χ2n) is 7.54. The lowest BCUT2D eigenvalue weighted by Crippen LogP contribution is -2.35. The maximum Gasteiger partial charge on any atom is 0.226 e. The number of benzene rings is 1. The third-order valence-electron chi connectivity index (χ3n) is 5.60. The summed E-state index contributed by atoms with van der Waals surface area (Å²) in [4.78, 5) is 25.5. The Bertz CT molecular complexity index is 1300. The third kappa shape index (κ3) is 3.17. The monoisotopic (exact) mass is 416 g/mol. The Kier molecular flexibility index (Phi) is 4.60. The van der Waals surface area contributed by atoms with Crippen LogP contribution in [0.2, 0.25) is 0 Å². The van der Waals surface area contributed by atoms with Crippen molar-refractivity contribution in [3.8, 4) is 12.3 Å². The number of nitrogens with one attached hydrogen (secondary N) is 2. The van der Waals surface area contributed by atoms with Crippen molar-refractivity contribution in [2.75, 3.05) is 18.9 Å². The number of amides is 1. The number of carbonyl (C=O) groups excluding carboxylic acids is 1. The fourth-order valence-corrected chi connectivity index (χ4v) is 5.37. The van der Waals surface area contributed by atoms with Crippen LogP contribution in [0.1, 0.15) is 16.9 Å². The normalized spacial score (nSPS) is 15.7. The molecule has 5 rings (SSSR count). The SMILES string of the molecule is C#CCN(C)C(=O)C1CCc2c(sc3ncnc(Nc4ccc5[nH]ncc5c4)c23)C1. The minimum atomic E-state index is -0.0308.